The molecule has 0 bridgehead atoms. The summed E-state index contributed by atoms with van der Waals surface area (Å²) in [6.45, 7) is 10.4. The first-order chi connectivity index (χ1) is 11.9. The van der Waals surface area contributed by atoms with E-state index in [-0.39, 0.29) is 12.0 Å². The molecule has 0 radical (unpaired) electrons. The molecule has 1 heterocycles. The van der Waals surface area contributed by atoms with Crippen LogP contribution in [0.5, 0.6) is 11.5 Å². The Balaban J connectivity index is 2.07. The van der Waals surface area contributed by atoms with Gasteiger partial charge in [0.15, 0.2) is 11.5 Å². The largest absolute Gasteiger partial charge is 0.493 e. The number of hydrogen-bond donors (Lipinski definition) is 0. The maximum atomic E-state index is 12.3. The third-order valence-corrected chi connectivity index (χ3v) is 4.44. The van der Waals surface area contributed by atoms with Crippen molar-refractivity contribution in [3.05, 3.63) is 28.8 Å². The molecule has 0 aromatic heterocycles. The van der Waals surface area contributed by atoms with Gasteiger partial charge in [-0.1, -0.05) is 18.5 Å². The average Bonchev–Trinajstić information content (AvgIpc) is 2.61. The molecule has 25 heavy (non-hydrogen) atoms. The molecule has 0 unspecified atom stereocenters. The number of piperazine rings is 1. The molecule has 1 fully saturated rings. The molecule has 0 atom stereocenters. The molecule has 0 saturated carbocycles. The van der Waals surface area contributed by atoms with E-state index in [0.717, 1.165) is 38.3 Å². The van der Waals surface area contributed by atoms with Crippen molar-refractivity contribution < 1.29 is 14.3 Å². The molecular weight excluding hydrogens is 340 g/mol. The molecule has 2 rings (SSSR count). The van der Waals surface area contributed by atoms with Crippen LogP contribution in [-0.2, 0) is 4.79 Å². The molecule has 1 amide bonds. The van der Waals surface area contributed by atoms with E-state index in [2.05, 4.69) is 11.8 Å². The predicted octanol–water partition coefficient (Wildman–Crippen LogP) is 3.31. The molecule has 1 saturated heterocycles. The first-order valence-corrected chi connectivity index (χ1v) is 9.06. The summed E-state index contributed by atoms with van der Waals surface area (Å²) in [6, 6.07) is 3.60. The minimum absolute atomic E-state index is 0.00356. The second-order valence-corrected chi connectivity index (χ2v) is 6.70. The SMILES string of the molecule is CCN1CCN(C(=O)/C=C/c2cc(Cl)c(OC(C)C)c(OC)c2)CC1. The van der Waals surface area contributed by atoms with Crippen molar-refractivity contribution in [2.75, 3.05) is 39.8 Å². The van der Waals surface area contributed by atoms with Gasteiger partial charge in [-0.15, -0.1) is 0 Å². The second-order valence-electron chi connectivity index (χ2n) is 6.29. The van der Waals surface area contributed by atoms with Crippen molar-refractivity contribution in [2.45, 2.75) is 26.9 Å². The average molecular weight is 367 g/mol. The van der Waals surface area contributed by atoms with Crippen LogP contribution in [0.4, 0.5) is 0 Å². The Morgan fingerprint density at radius 3 is 2.52 bits per heavy atom. The number of likely N-dealkylation sites (N-methyl/N-ethyl adjacent to an activating group) is 1. The van der Waals surface area contributed by atoms with Crippen molar-refractivity contribution in [3.63, 3.8) is 0 Å². The molecule has 0 spiro atoms. The summed E-state index contributed by atoms with van der Waals surface area (Å²) in [5.74, 6) is 1.11. The summed E-state index contributed by atoms with van der Waals surface area (Å²) in [4.78, 5) is 16.6. The van der Waals surface area contributed by atoms with Crippen molar-refractivity contribution >= 4 is 23.6 Å². The Morgan fingerprint density at radius 1 is 1.28 bits per heavy atom. The molecule has 138 valence electrons. The normalized spacial score (nSPS) is 15.8. The van der Waals surface area contributed by atoms with Crippen molar-refractivity contribution in [2.24, 2.45) is 0 Å². The lowest BCUT2D eigenvalue weighted by atomic mass is 10.1. The molecule has 0 N–H and O–H groups in total. The van der Waals surface area contributed by atoms with Crippen molar-refractivity contribution in [3.8, 4) is 11.5 Å². The molecule has 1 aromatic rings. The summed E-state index contributed by atoms with van der Waals surface area (Å²) >= 11 is 6.31. The number of carbonyl (C=O) groups is 1. The first-order valence-electron chi connectivity index (χ1n) is 8.68. The molecule has 1 aliphatic rings. The molecule has 1 aromatic carbocycles. The maximum Gasteiger partial charge on any atom is 0.246 e. The number of nitrogens with zero attached hydrogens (tertiary/aromatic N) is 2. The molecular formula is C19H27ClN2O3. The van der Waals surface area contributed by atoms with Gasteiger partial charge in [0.2, 0.25) is 5.91 Å². The third kappa shape index (κ3) is 5.38. The highest BCUT2D eigenvalue weighted by molar-refractivity contribution is 6.32. The molecule has 0 aliphatic carbocycles. The van der Waals surface area contributed by atoms with Crippen LogP contribution in [0.2, 0.25) is 5.02 Å². The van der Waals surface area contributed by atoms with Gasteiger partial charge >= 0.3 is 0 Å². The second kappa shape index (κ2) is 9.11. The number of methoxy groups -OCH3 is 1. The summed E-state index contributed by atoms with van der Waals surface area (Å²) in [7, 11) is 1.57. The summed E-state index contributed by atoms with van der Waals surface area (Å²) in [5, 5.41) is 0.469. The maximum absolute atomic E-state index is 12.3. The monoisotopic (exact) mass is 366 g/mol. The fraction of sp³-hybridized carbons (Fsp3) is 0.526. The lowest BCUT2D eigenvalue weighted by Crippen LogP contribution is -2.48. The van der Waals surface area contributed by atoms with E-state index in [0.29, 0.717) is 16.5 Å². The Hall–Kier alpha value is -1.72. The van der Waals surface area contributed by atoms with Gasteiger partial charge in [0.1, 0.15) is 0 Å². The Labute approximate surface area is 155 Å². The van der Waals surface area contributed by atoms with E-state index in [1.807, 2.05) is 24.8 Å². The first kappa shape index (κ1) is 19.6. The van der Waals surface area contributed by atoms with Crippen LogP contribution in [-0.4, -0.2) is 61.6 Å². The third-order valence-electron chi connectivity index (χ3n) is 4.15. The quantitative estimate of drug-likeness (QED) is 0.724. The van der Waals surface area contributed by atoms with Crippen LogP contribution in [0.1, 0.15) is 26.3 Å². The predicted molar refractivity (Wildman–Crippen MR) is 101 cm³/mol. The fourth-order valence-electron chi connectivity index (χ4n) is 2.74. The Morgan fingerprint density at radius 2 is 1.96 bits per heavy atom. The number of carbonyl (C=O) groups excluding carboxylic acids is 1. The van der Waals surface area contributed by atoms with Crippen LogP contribution in [0, 0.1) is 0 Å². The number of hydrogen-bond acceptors (Lipinski definition) is 4. The zero-order valence-electron chi connectivity index (χ0n) is 15.4. The van der Waals surface area contributed by atoms with Crippen molar-refractivity contribution in [1.29, 1.82) is 0 Å². The fourth-order valence-corrected chi connectivity index (χ4v) is 3.01. The van der Waals surface area contributed by atoms with Crippen LogP contribution in [0.15, 0.2) is 18.2 Å². The van der Waals surface area contributed by atoms with E-state index in [4.69, 9.17) is 21.1 Å². The van der Waals surface area contributed by atoms with E-state index < -0.39 is 0 Å². The standard InChI is InChI=1S/C19H27ClN2O3/c1-5-21-8-10-22(11-9-21)18(23)7-6-15-12-16(20)19(25-14(2)3)17(13-15)24-4/h6-7,12-14H,5,8-11H2,1-4H3/b7-6+. The smallest absolute Gasteiger partial charge is 0.246 e. The highest BCUT2D eigenvalue weighted by Crippen LogP contribution is 2.37. The van der Waals surface area contributed by atoms with E-state index in [1.54, 1.807) is 25.3 Å². The van der Waals surface area contributed by atoms with Crippen LogP contribution < -0.4 is 9.47 Å². The molecule has 1 aliphatic heterocycles. The highest BCUT2D eigenvalue weighted by atomic mass is 35.5. The number of rotatable bonds is 6. The summed E-state index contributed by atoms with van der Waals surface area (Å²) < 4.78 is 11.1. The van der Waals surface area contributed by atoms with Gasteiger partial charge in [0, 0.05) is 32.3 Å². The number of ether oxygens (including phenoxy) is 2. The number of amides is 1. The van der Waals surface area contributed by atoms with E-state index in [1.165, 1.54) is 0 Å². The van der Waals surface area contributed by atoms with Gasteiger partial charge in [-0.25, -0.2) is 0 Å². The van der Waals surface area contributed by atoms with Crippen LogP contribution >= 0.6 is 11.6 Å². The summed E-state index contributed by atoms with van der Waals surface area (Å²) in [5.41, 5.74) is 0.804. The number of halogens is 1. The minimum atomic E-state index is -0.00356. The summed E-state index contributed by atoms with van der Waals surface area (Å²) in [6.07, 6.45) is 3.36. The zero-order valence-corrected chi connectivity index (χ0v) is 16.2. The van der Waals surface area contributed by atoms with Gasteiger partial charge in [-0.05, 0) is 44.2 Å². The van der Waals surface area contributed by atoms with E-state index >= 15 is 0 Å². The van der Waals surface area contributed by atoms with Gasteiger partial charge in [0.05, 0.1) is 18.2 Å². The molecule has 6 heteroatoms. The van der Waals surface area contributed by atoms with E-state index in [9.17, 15) is 4.79 Å². The van der Waals surface area contributed by atoms with Crippen molar-refractivity contribution in [1.82, 2.24) is 9.80 Å². The van der Waals surface area contributed by atoms with Crippen LogP contribution in [0.25, 0.3) is 6.08 Å². The molecule has 5 nitrogen and oxygen atoms in total. The number of benzene rings is 1. The lowest BCUT2D eigenvalue weighted by molar-refractivity contribution is -0.127. The van der Waals surface area contributed by atoms with Gasteiger partial charge < -0.3 is 19.3 Å². The Kier molecular flexibility index (Phi) is 7.14. The van der Waals surface area contributed by atoms with Crippen LogP contribution in [0.3, 0.4) is 0 Å². The Bertz CT molecular complexity index is 623. The highest BCUT2D eigenvalue weighted by Gasteiger charge is 2.18. The lowest BCUT2D eigenvalue weighted by Gasteiger charge is -2.33. The van der Waals surface area contributed by atoms with Gasteiger partial charge in [-0.2, -0.15) is 0 Å². The zero-order chi connectivity index (χ0) is 18.4. The van der Waals surface area contributed by atoms with Gasteiger partial charge in [0.25, 0.3) is 0 Å². The topological polar surface area (TPSA) is 42.0 Å². The minimum Gasteiger partial charge on any atom is -0.493 e. The van der Waals surface area contributed by atoms with Gasteiger partial charge in [-0.3, -0.25) is 4.79 Å².